The molecule has 2 aliphatic carbocycles. The minimum atomic E-state index is -0.613. The summed E-state index contributed by atoms with van der Waals surface area (Å²) in [5.41, 5.74) is 0. The lowest BCUT2D eigenvalue weighted by molar-refractivity contribution is -0.144. The van der Waals surface area contributed by atoms with Gasteiger partial charge in [-0.3, -0.25) is 9.69 Å². The second kappa shape index (κ2) is 7.31. The third-order valence-corrected chi connectivity index (χ3v) is 6.41. The fourth-order valence-electron chi connectivity index (χ4n) is 4.56. The molecule has 2 saturated carbocycles. The molecule has 2 N–H and O–H groups in total. The average molecular weight is 308 g/mol. The fraction of sp³-hybridized carbons (Fsp3) is 0.944. The van der Waals surface area contributed by atoms with Crippen LogP contribution in [0.2, 0.25) is 0 Å². The number of hydrogen-bond donors (Lipinski definition) is 2. The Labute approximate surface area is 134 Å². The van der Waals surface area contributed by atoms with Crippen LogP contribution in [0.3, 0.4) is 0 Å². The Bertz CT molecular complexity index is 377. The van der Waals surface area contributed by atoms with Crippen molar-refractivity contribution in [2.45, 2.75) is 70.4 Å². The van der Waals surface area contributed by atoms with Crippen molar-refractivity contribution >= 4 is 5.97 Å². The van der Waals surface area contributed by atoms with Crippen LogP contribution < -0.4 is 5.32 Å². The molecule has 126 valence electrons. The van der Waals surface area contributed by atoms with Crippen LogP contribution in [0.1, 0.15) is 58.3 Å². The minimum Gasteiger partial charge on any atom is -0.481 e. The summed E-state index contributed by atoms with van der Waals surface area (Å²) in [6.45, 7) is 5.17. The monoisotopic (exact) mass is 308 g/mol. The maximum atomic E-state index is 11.5. The van der Waals surface area contributed by atoms with E-state index in [0.29, 0.717) is 12.1 Å². The highest BCUT2D eigenvalue weighted by Crippen LogP contribution is 2.34. The second-order valence-corrected chi connectivity index (χ2v) is 7.91. The van der Waals surface area contributed by atoms with Gasteiger partial charge < -0.3 is 10.4 Å². The average Bonchev–Trinajstić information content (AvgIpc) is 2.96. The molecule has 0 aromatic heterocycles. The third-order valence-electron chi connectivity index (χ3n) is 6.41. The quantitative estimate of drug-likeness (QED) is 0.792. The van der Waals surface area contributed by atoms with Gasteiger partial charge in [0.05, 0.1) is 5.92 Å². The molecule has 1 aliphatic heterocycles. The lowest BCUT2D eigenvalue weighted by Crippen LogP contribution is -2.56. The highest BCUT2D eigenvalue weighted by atomic mass is 16.4. The van der Waals surface area contributed by atoms with Gasteiger partial charge in [0.25, 0.3) is 0 Å². The van der Waals surface area contributed by atoms with Crippen LogP contribution in [0.25, 0.3) is 0 Å². The van der Waals surface area contributed by atoms with Crippen molar-refractivity contribution in [3.63, 3.8) is 0 Å². The molecule has 22 heavy (non-hydrogen) atoms. The number of carbonyl (C=O) groups is 1. The van der Waals surface area contributed by atoms with E-state index in [2.05, 4.69) is 17.1 Å². The van der Waals surface area contributed by atoms with Crippen molar-refractivity contribution in [2.24, 2.45) is 17.8 Å². The van der Waals surface area contributed by atoms with Crippen LogP contribution in [0.15, 0.2) is 0 Å². The van der Waals surface area contributed by atoms with Gasteiger partial charge in [0.2, 0.25) is 0 Å². The van der Waals surface area contributed by atoms with Gasteiger partial charge >= 0.3 is 5.97 Å². The van der Waals surface area contributed by atoms with Crippen LogP contribution in [0, 0.1) is 17.8 Å². The minimum absolute atomic E-state index is 0.197. The molecule has 1 heterocycles. The smallest absolute Gasteiger partial charge is 0.307 e. The Morgan fingerprint density at radius 3 is 2.50 bits per heavy atom. The second-order valence-electron chi connectivity index (χ2n) is 7.91. The number of carboxylic acid groups (broad SMARTS) is 1. The highest BCUT2D eigenvalue weighted by molar-refractivity contribution is 5.70. The summed E-state index contributed by atoms with van der Waals surface area (Å²) < 4.78 is 0. The zero-order valence-corrected chi connectivity index (χ0v) is 14.0. The van der Waals surface area contributed by atoms with Crippen LogP contribution in [0.5, 0.6) is 0 Å². The predicted octanol–water partition coefficient (Wildman–Crippen LogP) is 2.73. The van der Waals surface area contributed by atoms with Gasteiger partial charge in [0.1, 0.15) is 0 Å². The first kappa shape index (κ1) is 16.3. The van der Waals surface area contributed by atoms with E-state index in [9.17, 15) is 9.90 Å². The van der Waals surface area contributed by atoms with Crippen LogP contribution in [-0.4, -0.2) is 47.7 Å². The van der Waals surface area contributed by atoms with Gasteiger partial charge in [-0.1, -0.05) is 19.3 Å². The Kier molecular flexibility index (Phi) is 5.40. The molecule has 0 aromatic carbocycles. The fourth-order valence-corrected chi connectivity index (χ4v) is 4.56. The number of nitrogens with zero attached hydrogens (tertiary/aromatic N) is 1. The van der Waals surface area contributed by atoms with E-state index in [1.807, 2.05) is 0 Å². The standard InChI is InChI=1S/C18H32N2O2/c1-13(15-7-4-8-15)20-11-16(18(21)22)9-17(12-20)19-10-14-5-2-3-6-14/h13-17,19H,2-12H2,1H3,(H,21,22). The number of aliphatic carboxylic acids is 1. The van der Waals surface area contributed by atoms with E-state index in [1.54, 1.807) is 0 Å². The van der Waals surface area contributed by atoms with Crippen molar-refractivity contribution in [1.29, 1.82) is 0 Å². The highest BCUT2D eigenvalue weighted by Gasteiger charge is 2.37. The summed E-state index contributed by atoms with van der Waals surface area (Å²) in [7, 11) is 0. The first-order valence-corrected chi connectivity index (χ1v) is 9.33. The molecule has 0 aromatic rings. The molecule has 3 atom stereocenters. The molecule has 4 heteroatoms. The van der Waals surface area contributed by atoms with E-state index in [1.165, 1.54) is 44.9 Å². The van der Waals surface area contributed by atoms with Crippen LogP contribution in [-0.2, 0) is 4.79 Å². The van der Waals surface area contributed by atoms with Crippen molar-refractivity contribution in [1.82, 2.24) is 10.2 Å². The first-order chi connectivity index (χ1) is 10.6. The first-order valence-electron chi connectivity index (χ1n) is 9.33. The Morgan fingerprint density at radius 1 is 1.18 bits per heavy atom. The number of likely N-dealkylation sites (tertiary alicyclic amines) is 1. The van der Waals surface area contributed by atoms with Crippen molar-refractivity contribution in [3.05, 3.63) is 0 Å². The molecule has 0 radical (unpaired) electrons. The van der Waals surface area contributed by atoms with E-state index >= 15 is 0 Å². The molecule has 3 rings (SSSR count). The molecule has 3 aliphatic rings. The summed E-state index contributed by atoms with van der Waals surface area (Å²) in [6, 6.07) is 0.907. The van der Waals surface area contributed by atoms with Crippen molar-refractivity contribution < 1.29 is 9.90 Å². The molecule has 3 unspecified atom stereocenters. The largest absolute Gasteiger partial charge is 0.481 e. The number of hydrogen-bond acceptors (Lipinski definition) is 3. The van der Waals surface area contributed by atoms with E-state index in [0.717, 1.165) is 37.9 Å². The maximum Gasteiger partial charge on any atom is 0.307 e. The zero-order valence-electron chi connectivity index (χ0n) is 14.0. The third kappa shape index (κ3) is 3.83. The van der Waals surface area contributed by atoms with Crippen molar-refractivity contribution in [3.8, 4) is 0 Å². The van der Waals surface area contributed by atoms with Gasteiger partial charge in [-0.25, -0.2) is 0 Å². The number of piperidine rings is 1. The van der Waals surface area contributed by atoms with Gasteiger partial charge in [-0.15, -0.1) is 0 Å². The van der Waals surface area contributed by atoms with E-state index in [4.69, 9.17) is 0 Å². The summed E-state index contributed by atoms with van der Waals surface area (Å²) >= 11 is 0. The molecule has 0 amide bonds. The molecular formula is C18H32N2O2. The topological polar surface area (TPSA) is 52.6 Å². The summed E-state index contributed by atoms with van der Waals surface area (Å²) in [5, 5.41) is 13.2. The van der Waals surface area contributed by atoms with E-state index < -0.39 is 5.97 Å². The molecule has 4 nitrogen and oxygen atoms in total. The number of rotatable bonds is 6. The number of carboxylic acids is 1. The Morgan fingerprint density at radius 2 is 1.91 bits per heavy atom. The van der Waals surface area contributed by atoms with Crippen LogP contribution >= 0.6 is 0 Å². The van der Waals surface area contributed by atoms with Gasteiger partial charge in [0, 0.05) is 25.2 Å². The molecule has 3 fully saturated rings. The maximum absolute atomic E-state index is 11.5. The Hall–Kier alpha value is -0.610. The Balaban J connectivity index is 1.55. The molecule has 1 saturated heterocycles. The molecule has 0 bridgehead atoms. The lowest BCUT2D eigenvalue weighted by Gasteiger charge is -2.45. The summed E-state index contributed by atoms with van der Waals surface area (Å²) in [4.78, 5) is 14.0. The van der Waals surface area contributed by atoms with Crippen molar-refractivity contribution in [2.75, 3.05) is 19.6 Å². The van der Waals surface area contributed by atoms with Crippen LogP contribution in [0.4, 0.5) is 0 Å². The summed E-state index contributed by atoms with van der Waals surface area (Å²) in [5.74, 6) is 0.807. The van der Waals surface area contributed by atoms with Gasteiger partial charge in [0.15, 0.2) is 0 Å². The van der Waals surface area contributed by atoms with E-state index in [-0.39, 0.29) is 5.92 Å². The van der Waals surface area contributed by atoms with Gasteiger partial charge in [-0.05, 0) is 57.4 Å². The lowest BCUT2D eigenvalue weighted by atomic mass is 9.78. The normalized spacial score (nSPS) is 32.8. The SMILES string of the molecule is CC(C1CCC1)N1CC(NCC2CCCC2)CC(C(=O)O)C1. The summed E-state index contributed by atoms with van der Waals surface area (Å²) in [6.07, 6.45) is 10.3. The van der Waals surface area contributed by atoms with Gasteiger partial charge in [-0.2, -0.15) is 0 Å². The number of nitrogens with one attached hydrogen (secondary N) is 1. The predicted molar refractivity (Wildman–Crippen MR) is 87.9 cm³/mol. The molecule has 0 spiro atoms. The molecular weight excluding hydrogens is 276 g/mol. The zero-order chi connectivity index (χ0) is 15.5.